The Labute approximate surface area is 211 Å². The van der Waals surface area contributed by atoms with E-state index in [1.165, 1.54) is 4.90 Å². The first-order chi connectivity index (χ1) is 17.1. The first kappa shape index (κ1) is 27.0. The molecule has 2 aromatic carbocycles. The summed E-state index contributed by atoms with van der Waals surface area (Å²) in [5, 5.41) is 13.8. The maximum atomic E-state index is 12.5. The van der Waals surface area contributed by atoms with Gasteiger partial charge in [-0.25, -0.2) is 14.6 Å². The lowest BCUT2D eigenvalue weighted by molar-refractivity contribution is 0.0294. The van der Waals surface area contributed by atoms with Crippen molar-refractivity contribution in [2.75, 3.05) is 13.6 Å². The Hall–Kier alpha value is -3.59. The number of nitrogens with zero attached hydrogens (tertiary/aromatic N) is 2. The molecule has 3 rings (SSSR count). The standard InChI is InChI=1S/C27H35N3O6/c1-27(2,3)36-26(33)30(4)17-11-10-15-21(29-25(32)34-18-19-12-6-5-7-13-19)23(31)24-28-20-14-8-9-16-22(20)35-24/h5-9,12-14,16,21,23,31H,10-11,15,17-18H2,1-4H3,(H,29,32)/t21-,23?/m0/s1. The number of amides is 2. The Bertz CT molecular complexity index is 1090. The first-order valence-electron chi connectivity index (χ1n) is 12.1. The van der Waals surface area contributed by atoms with Crippen LogP contribution in [0.3, 0.4) is 0 Å². The van der Waals surface area contributed by atoms with Crippen LogP contribution >= 0.6 is 0 Å². The van der Waals surface area contributed by atoms with Gasteiger partial charge < -0.3 is 29.2 Å². The van der Waals surface area contributed by atoms with E-state index in [1.54, 1.807) is 19.2 Å². The number of benzene rings is 2. The lowest BCUT2D eigenvalue weighted by Gasteiger charge is -2.25. The maximum Gasteiger partial charge on any atom is 0.410 e. The maximum absolute atomic E-state index is 12.5. The number of fused-ring (bicyclic) bond motifs is 1. The number of carbonyl (C=O) groups is 2. The van der Waals surface area contributed by atoms with Crippen molar-refractivity contribution in [1.82, 2.24) is 15.2 Å². The molecule has 0 bridgehead atoms. The first-order valence-corrected chi connectivity index (χ1v) is 12.1. The van der Waals surface area contributed by atoms with Gasteiger partial charge in [0.2, 0.25) is 5.89 Å². The highest BCUT2D eigenvalue weighted by molar-refractivity contribution is 5.72. The summed E-state index contributed by atoms with van der Waals surface area (Å²) in [6.45, 7) is 6.04. The third kappa shape index (κ3) is 8.27. The number of rotatable bonds is 10. The third-order valence-electron chi connectivity index (χ3n) is 5.42. The number of unbranched alkanes of at least 4 members (excludes halogenated alkanes) is 1. The van der Waals surface area contributed by atoms with Crippen molar-refractivity contribution in [2.45, 2.75) is 64.4 Å². The summed E-state index contributed by atoms with van der Waals surface area (Å²) in [5.41, 5.74) is 1.46. The summed E-state index contributed by atoms with van der Waals surface area (Å²) in [5.74, 6) is 0.121. The Morgan fingerprint density at radius 1 is 1.08 bits per heavy atom. The smallest absolute Gasteiger partial charge is 0.410 e. The molecular formula is C27H35N3O6. The number of ether oxygens (including phenoxy) is 2. The summed E-state index contributed by atoms with van der Waals surface area (Å²) >= 11 is 0. The monoisotopic (exact) mass is 497 g/mol. The predicted octanol–water partition coefficient (Wildman–Crippen LogP) is 5.19. The van der Waals surface area contributed by atoms with E-state index in [1.807, 2.05) is 63.2 Å². The molecular weight excluding hydrogens is 462 g/mol. The fraction of sp³-hybridized carbons (Fsp3) is 0.444. The van der Waals surface area contributed by atoms with Crippen LogP contribution in [-0.2, 0) is 16.1 Å². The van der Waals surface area contributed by atoms with Crippen LogP contribution in [0.15, 0.2) is 59.0 Å². The van der Waals surface area contributed by atoms with E-state index >= 15 is 0 Å². The van der Waals surface area contributed by atoms with Gasteiger partial charge in [0.15, 0.2) is 11.7 Å². The number of alkyl carbamates (subject to hydrolysis) is 1. The predicted molar refractivity (Wildman–Crippen MR) is 135 cm³/mol. The van der Waals surface area contributed by atoms with Crippen molar-refractivity contribution in [1.29, 1.82) is 0 Å². The number of nitrogens with one attached hydrogen (secondary N) is 1. The normalized spacial score (nSPS) is 13.1. The zero-order valence-electron chi connectivity index (χ0n) is 21.3. The van der Waals surface area contributed by atoms with Gasteiger partial charge in [0.1, 0.15) is 17.7 Å². The Balaban J connectivity index is 1.60. The van der Waals surface area contributed by atoms with Crippen LogP contribution in [0.1, 0.15) is 57.6 Å². The van der Waals surface area contributed by atoms with E-state index in [9.17, 15) is 14.7 Å². The molecule has 2 amide bonds. The van der Waals surface area contributed by atoms with Gasteiger partial charge in [0.25, 0.3) is 0 Å². The highest BCUT2D eigenvalue weighted by Gasteiger charge is 2.28. The number of hydrogen-bond acceptors (Lipinski definition) is 7. The molecule has 0 spiro atoms. The summed E-state index contributed by atoms with van der Waals surface area (Å²) in [4.78, 5) is 30.6. The van der Waals surface area contributed by atoms with Crippen molar-refractivity contribution >= 4 is 23.3 Å². The molecule has 9 nitrogen and oxygen atoms in total. The van der Waals surface area contributed by atoms with Crippen molar-refractivity contribution in [3.05, 3.63) is 66.1 Å². The van der Waals surface area contributed by atoms with E-state index in [4.69, 9.17) is 13.9 Å². The molecule has 0 aliphatic rings. The molecule has 1 heterocycles. The second-order valence-corrected chi connectivity index (χ2v) is 9.67. The van der Waals surface area contributed by atoms with Crippen LogP contribution in [0.25, 0.3) is 11.1 Å². The quantitative estimate of drug-likeness (QED) is 0.370. The number of hydrogen-bond donors (Lipinski definition) is 2. The molecule has 1 unspecified atom stereocenters. The summed E-state index contributed by atoms with van der Waals surface area (Å²) in [7, 11) is 1.68. The van der Waals surface area contributed by atoms with Gasteiger partial charge in [-0.3, -0.25) is 0 Å². The van der Waals surface area contributed by atoms with Gasteiger partial charge in [-0.2, -0.15) is 0 Å². The molecule has 194 valence electrons. The van der Waals surface area contributed by atoms with Crippen LogP contribution in [0.5, 0.6) is 0 Å². The minimum Gasteiger partial charge on any atom is -0.445 e. The van der Waals surface area contributed by atoms with Crippen molar-refractivity contribution in [3.63, 3.8) is 0 Å². The summed E-state index contributed by atoms with van der Waals surface area (Å²) < 4.78 is 16.4. The molecule has 1 aromatic heterocycles. The SMILES string of the molecule is CN(CCCC[C@H](NC(=O)OCc1ccccc1)C(O)c1nc2ccccc2o1)C(=O)OC(C)(C)C. The topological polar surface area (TPSA) is 114 Å². The fourth-order valence-corrected chi connectivity index (χ4v) is 3.56. The molecule has 2 atom stereocenters. The Morgan fingerprint density at radius 2 is 1.78 bits per heavy atom. The van der Waals surface area contributed by atoms with E-state index in [0.29, 0.717) is 36.9 Å². The zero-order valence-corrected chi connectivity index (χ0v) is 21.3. The van der Waals surface area contributed by atoms with E-state index in [-0.39, 0.29) is 12.5 Å². The number of aliphatic hydroxyl groups excluding tert-OH is 1. The second kappa shape index (κ2) is 12.4. The highest BCUT2D eigenvalue weighted by atomic mass is 16.6. The van der Waals surface area contributed by atoms with Crippen LogP contribution in [0.2, 0.25) is 0 Å². The number of oxazole rings is 1. The van der Waals surface area contributed by atoms with Gasteiger partial charge in [-0.1, -0.05) is 42.5 Å². The molecule has 36 heavy (non-hydrogen) atoms. The van der Waals surface area contributed by atoms with Gasteiger partial charge in [0.05, 0.1) is 6.04 Å². The van der Waals surface area contributed by atoms with Crippen molar-refractivity contribution in [3.8, 4) is 0 Å². The molecule has 0 radical (unpaired) electrons. The Kier molecular flexibility index (Phi) is 9.30. The average Bonchev–Trinajstić information content (AvgIpc) is 3.28. The van der Waals surface area contributed by atoms with Gasteiger partial charge in [0, 0.05) is 13.6 Å². The highest BCUT2D eigenvalue weighted by Crippen LogP contribution is 2.24. The fourth-order valence-electron chi connectivity index (χ4n) is 3.56. The van der Waals surface area contributed by atoms with E-state index in [0.717, 1.165) is 5.56 Å². The van der Waals surface area contributed by atoms with E-state index < -0.39 is 29.9 Å². The molecule has 0 fully saturated rings. The number of para-hydroxylation sites is 2. The average molecular weight is 498 g/mol. The molecule has 2 N–H and O–H groups in total. The molecule has 0 saturated heterocycles. The lowest BCUT2D eigenvalue weighted by Crippen LogP contribution is -2.40. The van der Waals surface area contributed by atoms with Crippen molar-refractivity contribution in [2.24, 2.45) is 0 Å². The van der Waals surface area contributed by atoms with Gasteiger partial charge >= 0.3 is 12.2 Å². The van der Waals surface area contributed by atoms with Crippen molar-refractivity contribution < 1.29 is 28.6 Å². The van der Waals surface area contributed by atoms with Crippen LogP contribution < -0.4 is 5.32 Å². The van der Waals surface area contributed by atoms with Gasteiger partial charge in [-0.05, 0) is 57.7 Å². The van der Waals surface area contributed by atoms with E-state index in [2.05, 4.69) is 10.3 Å². The lowest BCUT2D eigenvalue weighted by atomic mass is 10.0. The largest absolute Gasteiger partial charge is 0.445 e. The molecule has 3 aromatic rings. The number of carbonyl (C=O) groups excluding carboxylic acids is 2. The Morgan fingerprint density at radius 3 is 2.47 bits per heavy atom. The second-order valence-electron chi connectivity index (χ2n) is 9.67. The van der Waals surface area contributed by atoms with Gasteiger partial charge in [-0.15, -0.1) is 0 Å². The summed E-state index contributed by atoms with van der Waals surface area (Å²) in [6.07, 6.45) is -0.535. The minimum absolute atomic E-state index is 0.110. The molecule has 9 heteroatoms. The summed E-state index contributed by atoms with van der Waals surface area (Å²) in [6, 6.07) is 15.8. The minimum atomic E-state index is -1.18. The molecule has 0 aliphatic carbocycles. The third-order valence-corrected chi connectivity index (χ3v) is 5.42. The molecule has 0 saturated carbocycles. The number of aliphatic hydroxyl groups is 1. The number of aromatic nitrogens is 1. The zero-order chi connectivity index (χ0) is 26.1. The van der Waals surface area contributed by atoms with Crippen LogP contribution in [0, 0.1) is 0 Å². The molecule has 0 aliphatic heterocycles. The van der Waals surface area contributed by atoms with Crippen LogP contribution in [0.4, 0.5) is 9.59 Å². The van der Waals surface area contributed by atoms with Crippen LogP contribution in [-0.4, -0.2) is 52.4 Å².